The van der Waals surface area contributed by atoms with Crippen LogP contribution in [0.5, 0.6) is 0 Å². The van der Waals surface area contributed by atoms with Crippen molar-refractivity contribution in [2.45, 2.75) is 58.6 Å². The van der Waals surface area contributed by atoms with Crippen LogP contribution in [0.15, 0.2) is 24.3 Å². The van der Waals surface area contributed by atoms with Crippen molar-refractivity contribution in [2.24, 2.45) is 5.92 Å². The summed E-state index contributed by atoms with van der Waals surface area (Å²) in [6.45, 7) is 11.2. The summed E-state index contributed by atoms with van der Waals surface area (Å²) in [5, 5.41) is 2.98. The van der Waals surface area contributed by atoms with E-state index >= 15 is 0 Å². The number of esters is 1. The van der Waals surface area contributed by atoms with Gasteiger partial charge in [0.05, 0.1) is 17.7 Å². The Kier molecular flexibility index (Phi) is 7.67. The number of carbonyl (C=O) groups is 2. The molecule has 2 saturated heterocycles. The molecule has 3 rings (SSSR count). The molecule has 160 valence electrons. The molecule has 1 amide bonds. The molecule has 0 bridgehead atoms. The average molecular weight is 402 g/mol. The highest BCUT2D eigenvalue weighted by molar-refractivity contribution is 5.95. The van der Waals surface area contributed by atoms with Crippen molar-refractivity contribution in [3.05, 3.63) is 29.8 Å². The fourth-order valence-corrected chi connectivity index (χ4v) is 4.25. The minimum atomic E-state index is -0.344. The Morgan fingerprint density at radius 1 is 1.07 bits per heavy atom. The van der Waals surface area contributed by atoms with E-state index in [1.54, 1.807) is 24.3 Å². The van der Waals surface area contributed by atoms with Crippen molar-refractivity contribution in [1.29, 1.82) is 0 Å². The lowest BCUT2D eigenvalue weighted by atomic mass is 10.1. The molecule has 2 heterocycles. The number of likely N-dealkylation sites (tertiary alicyclic amines) is 2. The van der Waals surface area contributed by atoms with Gasteiger partial charge in [-0.05, 0) is 89.9 Å². The van der Waals surface area contributed by atoms with Crippen molar-refractivity contribution >= 4 is 17.6 Å². The van der Waals surface area contributed by atoms with Crippen molar-refractivity contribution in [2.75, 3.05) is 38.0 Å². The maximum absolute atomic E-state index is 12.7. The zero-order valence-corrected chi connectivity index (χ0v) is 18.0. The Morgan fingerprint density at radius 3 is 2.41 bits per heavy atom. The molecule has 1 aromatic carbocycles. The number of nitrogens with one attached hydrogen (secondary N) is 1. The third-order valence-electron chi connectivity index (χ3n) is 5.94. The number of rotatable bonds is 7. The van der Waals surface area contributed by atoms with Gasteiger partial charge in [0.25, 0.3) is 0 Å². The van der Waals surface area contributed by atoms with E-state index in [0.29, 0.717) is 17.2 Å². The summed E-state index contributed by atoms with van der Waals surface area (Å²) in [6.07, 6.45) is 5.03. The first kappa shape index (κ1) is 21.8. The molecule has 0 spiro atoms. The third-order valence-corrected chi connectivity index (χ3v) is 5.94. The second kappa shape index (κ2) is 10.2. The summed E-state index contributed by atoms with van der Waals surface area (Å²) in [5.74, 6) is 0.318. The molecule has 1 aromatic rings. The highest BCUT2D eigenvalue weighted by Crippen LogP contribution is 2.22. The molecule has 2 aliphatic rings. The molecule has 0 unspecified atom stereocenters. The number of piperidine rings is 1. The lowest BCUT2D eigenvalue weighted by Gasteiger charge is -2.29. The molecule has 2 fully saturated rings. The van der Waals surface area contributed by atoms with Crippen molar-refractivity contribution < 1.29 is 14.3 Å². The number of ether oxygens (including phenoxy) is 1. The van der Waals surface area contributed by atoms with Gasteiger partial charge >= 0.3 is 5.97 Å². The van der Waals surface area contributed by atoms with Crippen molar-refractivity contribution in [3.63, 3.8) is 0 Å². The van der Waals surface area contributed by atoms with E-state index in [2.05, 4.69) is 15.1 Å². The topological polar surface area (TPSA) is 61.9 Å². The lowest BCUT2D eigenvalue weighted by molar-refractivity contribution is -0.120. The van der Waals surface area contributed by atoms with Gasteiger partial charge in [-0.2, -0.15) is 0 Å². The average Bonchev–Trinajstić information content (AvgIpc) is 3.16. The number of nitrogens with zero attached hydrogens (tertiary/aromatic N) is 2. The van der Waals surface area contributed by atoms with E-state index in [1.165, 1.54) is 45.3 Å². The number of hydrogen-bond donors (Lipinski definition) is 1. The second-order valence-electron chi connectivity index (χ2n) is 8.71. The maximum Gasteiger partial charge on any atom is 0.338 e. The van der Waals surface area contributed by atoms with Crippen LogP contribution in [0.3, 0.4) is 0 Å². The Morgan fingerprint density at radius 2 is 1.76 bits per heavy atom. The van der Waals surface area contributed by atoms with Gasteiger partial charge in [0, 0.05) is 18.8 Å². The van der Waals surface area contributed by atoms with Crippen LogP contribution in [-0.4, -0.2) is 66.5 Å². The SMILES string of the molecule is CC(C)OC(=O)c1ccc(NC(=O)[C@@H](C)N2CC[C@@H](CN3CCCCC3)C2)cc1. The van der Waals surface area contributed by atoms with Gasteiger partial charge in [0.1, 0.15) is 0 Å². The summed E-state index contributed by atoms with van der Waals surface area (Å²) in [7, 11) is 0. The summed E-state index contributed by atoms with van der Waals surface area (Å²) < 4.78 is 5.19. The molecule has 0 radical (unpaired) electrons. The highest BCUT2D eigenvalue weighted by Gasteiger charge is 2.30. The Bertz CT molecular complexity index is 683. The van der Waals surface area contributed by atoms with E-state index in [1.807, 2.05) is 20.8 Å². The van der Waals surface area contributed by atoms with Crippen LogP contribution < -0.4 is 5.32 Å². The normalized spacial score (nSPS) is 21.9. The fourth-order valence-electron chi connectivity index (χ4n) is 4.25. The van der Waals surface area contributed by atoms with E-state index < -0.39 is 0 Å². The number of hydrogen-bond acceptors (Lipinski definition) is 5. The number of amides is 1. The van der Waals surface area contributed by atoms with Crippen LogP contribution >= 0.6 is 0 Å². The zero-order valence-electron chi connectivity index (χ0n) is 18.0. The predicted molar refractivity (Wildman–Crippen MR) is 115 cm³/mol. The van der Waals surface area contributed by atoms with Crippen LogP contribution in [0.25, 0.3) is 0 Å². The zero-order chi connectivity index (χ0) is 20.8. The van der Waals surface area contributed by atoms with E-state index in [4.69, 9.17) is 4.74 Å². The fraction of sp³-hybridized carbons (Fsp3) is 0.652. The summed E-state index contributed by atoms with van der Waals surface area (Å²) in [6, 6.07) is 6.73. The predicted octanol–water partition coefficient (Wildman–Crippen LogP) is 3.39. The summed E-state index contributed by atoms with van der Waals surface area (Å²) in [5.41, 5.74) is 1.19. The van der Waals surface area contributed by atoms with Gasteiger partial charge in [-0.3, -0.25) is 9.69 Å². The number of carbonyl (C=O) groups excluding carboxylic acids is 2. The molecule has 6 heteroatoms. The first-order valence-electron chi connectivity index (χ1n) is 11.0. The van der Waals surface area contributed by atoms with Crippen molar-refractivity contribution in [3.8, 4) is 0 Å². The Labute approximate surface area is 174 Å². The third kappa shape index (κ3) is 6.28. The molecular formula is C23H35N3O3. The van der Waals surface area contributed by atoms with Crippen molar-refractivity contribution in [1.82, 2.24) is 9.80 Å². The molecule has 0 saturated carbocycles. The minimum absolute atomic E-state index is 0.00105. The molecular weight excluding hydrogens is 366 g/mol. The van der Waals surface area contributed by atoms with Crippen LogP contribution in [0.1, 0.15) is 56.8 Å². The Balaban J connectivity index is 1.47. The first-order chi connectivity index (χ1) is 13.9. The van der Waals surface area contributed by atoms with E-state index in [-0.39, 0.29) is 24.0 Å². The van der Waals surface area contributed by atoms with E-state index in [9.17, 15) is 9.59 Å². The number of anilines is 1. The quantitative estimate of drug-likeness (QED) is 0.710. The van der Waals surface area contributed by atoms with Gasteiger partial charge in [0.2, 0.25) is 5.91 Å². The van der Waals surface area contributed by atoms with Crippen LogP contribution in [0.4, 0.5) is 5.69 Å². The second-order valence-corrected chi connectivity index (χ2v) is 8.71. The molecule has 0 aromatic heterocycles. The molecule has 6 nitrogen and oxygen atoms in total. The molecule has 0 aliphatic carbocycles. The smallest absolute Gasteiger partial charge is 0.338 e. The standard InChI is InChI=1S/C23H35N3O3/c1-17(2)29-23(28)20-7-9-21(10-8-20)24-22(27)18(3)26-14-11-19(16-26)15-25-12-5-4-6-13-25/h7-10,17-19H,4-6,11-16H2,1-3H3,(H,24,27)/t18-,19+/m1/s1. The lowest BCUT2D eigenvalue weighted by Crippen LogP contribution is -2.41. The largest absolute Gasteiger partial charge is 0.459 e. The minimum Gasteiger partial charge on any atom is -0.459 e. The summed E-state index contributed by atoms with van der Waals surface area (Å²) in [4.78, 5) is 29.5. The monoisotopic (exact) mass is 401 g/mol. The van der Waals surface area contributed by atoms with Crippen LogP contribution in [0.2, 0.25) is 0 Å². The Hall–Kier alpha value is -1.92. The van der Waals surface area contributed by atoms with Gasteiger partial charge in [-0.15, -0.1) is 0 Å². The van der Waals surface area contributed by atoms with Gasteiger partial charge in [-0.25, -0.2) is 4.79 Å². The van der Waals surface area contributed by atoms with E-state index in [0.717, 1.165) is 13.1 Å². The first-order valence-corrected chi connectivity index (χ1v) is 11.0. The molecule has 29 heavy (non-hydrogen) atoms. The van der Waals surface area contributed by atoms with Gasteiger partial charge in [-0.1, -0.05) is 6.42 Å². The molecule has 2 atom stereocenters. The van der Waals surface area contributed by atoms with Gasteiger partial charge in [0.15, 0.2) is 0 Å². The highest BCUT2D eigenvalue weighted by atomic mass is 16.5. The van der Waals surface area contributed by atoms with Crippen LogP contribution in [-0.2, 0) is 9.53 Å². The summed E-state index contributed by atoms with van der Waals surface area (Å²) >= 11 is 0. The molecule has 2 aliphatic heterocycles. The van der Waals surface area contributed by atoms with Gasteiger partial charge < -0.3 is 15.0 Å². The maximum atomic E-state index is 12.7. The van der Waals surface area contributed by atoms with Crippen LogP contribution in [0, 0.1) is 5.92 Å². The number of benzene rings is 1. The molecule has 1 N–H and O–H groups in total.